The Balaban J connectivity index is 2.26. The van der Waals surface area contributed by atoms with Gasteiger partial charge in [-0.2, -0.15) is 0 Å². The van der Waals surface area contributed by atoms with Crippen molar-refractivity contribution in [2.24, 2.45) is 5.73 Å². The minimum absolute atomic E-state index is 0.104. The van der Waals surface area contributed by atoms with E-state index in [4.69, 9.17) is 22.7 Å². The van der Waals surface area contributed by atoms with E-state index in [1.54, 1.807) is 30.3 Å². The first-order valence-corrected chi connectivity index (χ1v) is 6.51. The van der Waals surface area contributed by atoms with Crippen LogP contribution in [0.15, 0.2) is 42.5 Å². The van der Waals surface area contributed by atoms with Crippen LogP contribution in [0.5, 0.6) is 11.5 Å². The molecule has 6 heteroatoms. The molecular formula is C15H14N2O3S. The molecule has 0 aliphatic carbocycles. The highest BCUT2D eigenvalue weighted by Gasteiger charge is 2.12. The zero-order valence-electron chi connectivity index (χ0n) is 11.3. The molecule has 0 bridgehead atoms. The van der Waals surface area contributed by atoms with Gasteiger partial charge in [0.15, 0.2) is 11.5 Å². The number of anilines is 1. The molecule has 108 valence electrons. The lowest BCUT2D eigenvalue weighted by Gasteiger charge is -2.10. The normalized spacial score (nSPS) is 9.95. The maximum Gasteiger partial charge on any atom is 0.255 e. The number of phenolic OH excluding ortho intramolecular Hbond substituents is 1. The van der Waals surface area contributed by atoms with Gasteiger partial charge in [-0.05, 0) is 30.3 Å². The van der Waals surface area contributed by atoms with Gasteiger partial charge in [0.05, 0.1) is 12.8 Å². The predicted octanol–water partition coefficient (Wildman–Crippen LogP) is 2.29. The van der Waals surface area contributed by atoms with E-state index in [0.717, 1.165) is 0 Å². The van der Waals surface area contributed by atoms with Crippen molar-refractivity contribution >= 4 is 28.8 Å². The highest BCUT2D eigenvalue weighted by atomic mass is 32.1. The molecule has 0 atom stereocenters. The van der Waals surface area contributed by atoms with Crippen molar-refractivity contribution in [1.29, 1.82) is 0 Å². The van der Waals surface area contributed by atoms with Crippen molar-refractivity contribution in [3.05, 3.63) is 53.6 Å². The molecule has 0 radical (unpaired) electrons. The Morgan fingerprint density at radius 3 is 2.62 bits per heavy atom. The smallest absolute Gasteiger partial charge is 0.255 e. The SMILES string of the molecule is COc1ccc(C(=O)Nc2ccccc2C(N)=S)cc1O. The number of methoxy groups -OCH3 is 1. The molecule has 2 aromatic rings. The van der Waals surface area contributed by atoms with E-state index in [9.17, 15) is 9.90 Å². The Labute approximate surface area is 127 Å². The number of nitrogens with two attached hydrogens (primary N) is 1. The van der Waals surface area contributed by atoms with Crippen molar-refractivity contribution in [3.8, 4) is 11.5 Å². The van der Waals surface area contributed by atoms with Crippen LogP contribution in [0.1, 0.15) is 15.9 Å². The van der Waals surface area contributed by atoms with E-state index in [-0.39, 0.29) is 16.6 Å². The number of rotatable bonds is 4. The molecule has 0 aliphatic rings. The maximum absolute atomic E-state index is 12.2. The fraction of sp³-hybridized carbons (Fsp3) is 0.0667. The van der Waals surface area contributed by atoms with Crippen LogP contribution in [0.25, 0.3) is 0 Å². The summed E-state index contributed by atoms with van der Waals surface area (Å²) in [5.41, 5.74) is 7.01. The second-order valence-electron chi connectivity index (χ2n) is 4.25. The zero-order valence-corrected chi connectivity index (χ0v) is 12.1. The molecule has 0 fully saturated rings. The molecular weight excluding hydrogens is 288 g/mol. The Hall–Kier alpha value is -2.60. The molecule has 2 aromatic carbocycles. The van der Waals surface area contributed by atoms with E-state index in [1.165, 1.54) is 19.2 Å². The average molecular weight is 302 g/mol. The van der Waals surface area contributed by atoms with Gasteiger partial charge in [0, 0.05) is 11.1 Å². The number of amides is 1. The molecule has 0 aromatic heterocycles. The second kappa shape index (κ2) is 6.23. The van der Waals surface area contributed by atoms with Gasteiger partial charge in [-0.15, -0.1) is 0 Å². The number of carbonyl (C=O) groups is 1. The Morgan fingerprint density at radius 1 is 1.29 bits per heavy atom. The molecule has 5 nitrogen and oxygen atoms in total. The van der Waals surface area contributed by atoms with Crippen molar-refractivity contribution in [3.63, 3.8) is 0 Å². The van der Waals surface area contributed by atoms with Gasteiger partial charge in [-0.25, -0.2) is 0 Å². The Bertz CT molecular complexity index is 701. The highest BCUT2D eigenvalue weighted by molar-refractivity contribution is 7.80. The zero-order chi connectivity index (χ0) is 15.4. The minimum atomic E-state index is -0.378. The monoisotopic (exact) mass is 302 g/mol. The highest BCUT2D eigenvalue weighted by Crippen LogP contribution is 2.26. The summed E-state index contributed by atoms with van der Waals surface area (Å²) in [5, 5.41) is 12.4. The van der Waals surface area contributed by atoms with Crippen molar-refractivity contribution < 1.29 is 14.6 Å². The van der Waals surface area contributed by atoms with E-state index in [2.05, 4.69) is 5.32 Å². The van der Waals surface area contributed by atoms with Crippen LogP contribution in [0.4, 0.5) is 5.69 Å². The quantitative estimate of drug-likeness (QED) is 0.755. The summed E-state index contributed by atoms with van der Waals surface area (Å²) in [5.74, 6) is -0.181. The fourth-order valence-corrected chi connectivity index (χ4v) is 2.01. The third kappa shape index (κ3) is 3.29. The molecule has 0 unspecified atom stereocenters. The van der Waals surface area contributed by atoms with Crippen LogP contribution < -0.4 is 15.8 Å². The van der Waals surface area contributed by atoms with Gasteiger partial charge in [-0.3, -0.25) is 4.79 Å². The lowest BCUT2D eigenvalue weighted by molar-refractivity contribution is 0.102. The number of thiocarbonyl (C=S) groups is 1. The average Bonchev–Trinajstić information content (AvgIpc) is 2.47. The van der Waals surface area contributed by atoms with Crippen molar-refractivity contribution in [2.75, 3.05) is 12.4 Å². The number of benzene rings is 2. The first kappa shape index (κ1) is 14.8. The topological polar surface area (TPSA) is 84.6 Å². The molecule has 1 amide bonds. The third-order valence-electron chi connectivity index (χ3n) is 2.88. The summed E-state index contributed by atoms with van der Waals surface area (Å²) < 4.78 is 4.93. The van der Waals surface area contributed by atoms with E-state index < -0.39 is 0 Å². The number of hydrogen-bond acceptors (Lipinski definition) is 4. The van der Waals surface area contributed by atoms with E-state index >= 15 is 0 Å². The molecule has 2 rings (SSSR count). The molecule has 0 spiro atoms. The van der Waals surface area contributed by atoms with Gasteiger partial charge in [-0.1, -0.05) is 24.4 Å². The first-order chi connectivity index (χ1) is 10.0. The summed E-state index contributed by atoms with van der Waals surface area (Å²) in [7, 11) is 1.44. The molecule has 0 saturated heterocycles. The standard InChI is InChI=1S/C15H14N2O3S/c1-20-13-7-6-9(8-12(13)18)15(19)17-11-5-3-2-4-10(11)14(16)21/h2-8,18H,1H3,(H2,16,21)(H,17,19). The van der Waals surface area contributed by atoms with Crippen LogP contribution in [0, 0.1) is 0 Å². The number of hydrogen-bond donors (Lipinski definition) is 3. The number of nitrogens with one attached hydrogen (secondary N) is 1. The van der Waals surface area contributed by atoms with Gasteiger partial charge < -0.3 is 20.9 Å². The third-order valence-corrected chi connectivity index (χ3v) is 3.10. The number of aromatic hydroxyl groups is 1. The van der Waals surface area contributed by atoms with Crippen LogP contribution in [0.2, 0.25) is 0 Å². The van der Waals surface area contributed by atoms with E-state index in [0.29, 0.717) is 22.6 Å². The first-order valence-electron chi connectivity index (χ1n) is 6.10. The number of ether oxygens (including phenoxy) is 1. The molecule has 4 N–H and O–H groups in total. The summed E-state index contributed by atoms with van der Waals surface area (Å²) >= 11 is 4.94. The summed E-state index contributed by atoms with van der Waals surface area (Å²) in [6.45, 7) is 0. The van der Waals surface area contributed by atoms with E-state index in [1.807, 2.05) is 0 Å². The molecule has 21 heavy (non-hydrogen) atoms. The van der Waals surface area contributed by atoms with Crippen LogP contribution in [0.3, 0.4) is 0 Å². The molecule has 0 saturated carbocycles. The second-order valence-corrected chi connectivity index (χ2v) is 4.69. The largest absolute Gasteiger partial charge is 0.504 e. The van der Waals surface area contributed by atoms with Crippen molar-refractivity contribution in [2.45, 2.75) is 0 Å². The predicted molar refractivity (Wildman–Crippen MR) is 84.9 cm³/mol. The fourth-order valence-electron chi connectivity index (χ4n) is 1.83. The number of para-hydroxylation sites is 1. The van der Waals surface area contributed by atoms with Crippen LogP contribution in [-0.4, -0.2) is 23.1 Å². The maximum atomic E-state index is 12.2. The van der Waals surface area contributed by atoms with Gasteiger partial charge in [0.2, 0.25) is 0 Å². The van der Waals surface area contributed by atoms with Crippen molar-refractivity contribution in [1.82, 2.24) is 0 Å². The summed E-state index contributed by atoms with van der Waals surface area (Å²) in [6.07, 6.45) is 0. The summed E-state index contributed by atoms with van der Waals surface area (Å²) in [6, 6.07) is 11.4. The minimum Gasteiger partial charge on any atom is -0.504 e. The number of carbonyl (C=O) groups excluding carboxylic acids is 1. The Kier molecular flexibility index (Phi) is 4.39. The van der Waals surface area contributed by atoms with Gasteiger partial charge >= 0.3 is 0 Å². The van der Waals surface area contributed by atoms with Crippen LogP contribution in [-0.2, 0) is 0 Å². The Morgan fingerprint density at radius 2 is 2.00 bits per heavy atom. The van der Waals surface area contributed by atoms with Crippen LogP contribution >= 0.6 is 12.2 Å². The lowest BCUT2D eigenvalue weighted by atomic mass is 10.1. The molecule has 0 heterocycles. The molecule has 0 aliphatic heterocycles. The van der Waals surface area contributed by atoms with Gasteiger partial charge in [0.25, 0.3) is 5.91 Å². The lowest BCUT2D eigenvalue weighted by Crippen LogP contribution is -2.17. The number of phenols is 1. The summed E-state index contributed by atoms with van der Waals surface area (Å²) in [4.78, 5) is 12.4. The van der Waals surface area contributed by atoms with Gasteiger partial charge in [0.1, 0.15) is 4.99 Å².